The molecular formula is C8H20O4P2S3. The molecule has 9 heteroatoms. The zero-order valence-corrected chi connectivity index (χ0v) is 14.8. The zero-order chi connectivity index (χ0) is 13.4. The van der Waals surface area contributed by atoms with Gasteiger partial charge in [0.2, 0.25) is 0 Å². The first-order chi connectivity index (χ1) is 7.95. The van der Waals surface area contributed by atoms with Crippen molar-refractivity contribution in [2.24, 2.45) is 0 Å². The fraction of sp³-hybridized carbons (Fsp3) is 1.00. The molecule has 0 aromatic rings. The van der Waals surface area contributed by atoms with E-state index in [0.717, 1.165) is 0 Å². The fourth-order valence-electron chi connectivity index (χ4n) is 0.924. The van der Waals surface area contributed by atoms with Gasteiger partial charge in [-0.15, -0.1) is 0 Å². The minimum atomic E-state index is -2.46. The van der Waals surface area contributed by atoms with Crippen molar-refractivity contribution in [3.63, 3.8) is 0 Å². The van der Waals surface area contributed by atoms with Gasteiger partial charge in [0, 0.05) is 11.0 Å². The highest BCUT2D eigenvalue weighted by molar-refractivity contribution is 8.96. The highest BCUT2D eigenvalue weighted by Gasteiger charge is 2.31. The Morgan fingerprint density at radius 2 is 0.941 bits per heavy atom. The quantitative estimate of drug-likeness (QED) is 0.549. The second-order valence-electron chi connectivity index (χ2n) is 2.65. The van der Waals surface area contributed by atoms with Crippen LogP contribution in [0.3, 0.4) is 0 Å². The SMILES string of the molecule is CCOP(=S)(OCC)SP(=S)(OCC)OCC. The molecule has 0 aliphatic carbocycles. The minimum absolute atomic E-state index is 0.498. The van der Waals surface area contributed by atoms with Gasteiger partial charge in [-0.3, -0.25) is 0 Å². The second kappa shape index (κ2) is 9.40. The van der Waals surface area contributed by atoms with Crippen LogP contribution in [0, 0.1) is 0 Å². The third kappa shape index (κ3) is 7.61. The molecule has 0 saturated carbocycles. The number of hydrogen-bond acceptors (Lipinski definition) is 7. The maximum Gasteiger partial charge on any atom is 0.256 e. The molecule has 104 valence electrons. The molecular weight excluding hydrogens is 318 g/mol. The van der Waals surface area contributed by atoms with Crippen LogP contribution in [0.1, 0.15) is 27.7 Å². The largest absolute Gasteiger partial charge is 0.322 e. The second-order valence-corrected chi connectivity index (χ2v) is 14.7. The highest BCUT2D eigenvalue weighted by atomic mass is 33.2. The fourth-order valence-corrected chi connectivity index (χ4v) is 16.4. The van der Waals surface area contributed by atoms with E-state index in [2.05, 4.69) is 0 Å². The molecule has 17 heavy (non-hydrogen) atoms. The van der Waals surface area contributed by atoms with Gasteiger partial charge in [0.05, 0.1) is 26.4 Å². The summed E-state index contributed by atoms with van der Waals surface area (Å²) in [6, 6.07) is 0. The lowest BCUT2D eigenvalue weighted by atomic mass is 10.9. The molecule has 4 nitrogen and oxygen atoms in total. The topological polar surface area (TPSA) is 36.9 Å². The van der Waals surface area contributed by atoms with Crippen molar-refractivity contribution in [1.82, 2.24) is 0 Å². The minimum Gasteiger partial charge on any atom is -0.322 e. The Morgan fingerprint density at radius 3 is 1.12 bits per heavy atom. The molecule has 0 fully saturated rings. The van der Waals surface area contributed by atoms with Crippen LogP contribution < -0.4 is 0 Å². The van der Waals surface area contributed by atoms with Crippen LogP contribution in [-0.2, 0) is 41.7 Å². The molecule has 0 saturated heterocycles. The lowest BCUT2D eigenvalue weighted by Crippen LogP contribution is -1.96. The summed E-state index contributed by atoms with van der Waals surface area (Å²) in [4.78, 5) is 0. The van der Waals surface area contributed by atoms with Gasteiger partial charge < -0.3 is 18.1 Å². The molecule has 0 atom stereocenters. The lowest BCUT2D eigenvalue weighted by molar-refractivity contribution is 0.276. The van der Waals surface area contributed by atoms with Crippen LogP contribution in [-0.4, -0.2) is 26.4 Å². The molecule has 0 bridgehead atoms. The van der Waals surface area contributed by atoms with Gasteiger partial charge in [0.15, 0.2) is 0 Å². The Bertz CT molecular complexity index is 252. The van der Waals surface area contributed by atoms with Crippen molar-refractivity contribution in [3.8, 4) is 0 Å². The highest BCUT2D eigenvalue weighted by Crippen LogP contribution is 2.79. The van der Waals surface area contributed by atoms with Crippen molar-refractivity contribution < 1.29 is 18.1 Å². The zero-order valence-electron chi connectivity index (χ0n) is 10.6. The Kier molecular flexibility index (Phi) is 10.2. The monoisotopic (exact) mass is 338 g/mol. The standard InChI is InChI=1S/C8H20O4P2S3/c1-5-9-13(15,10-6-2)17-14(16,11-7-3)12-8-4/h5-8H2,1-4H3. The Morgan fingerprint density at radius 1 is 0.706 bits per heavy atom. The molecule has 0 aromatic carbocycles. The van der Waals surface area contributed by atoms with E-state index in [9.17, 15) is 0 Å². The van der Waals surface area contributed by atoms with E-state index in [1.807, 2.05) is 27.7 Å². The molecule has 0 heterocycles. The lowest BCUT2D eigenvalue weighted by Gasteiger charge is -2.26. The van der Waals surface area contributed by atoms with Crippen LogP contribution in [0.4, 0.5) is 0 Å². The average molecular weight is 338 g/mol. The van der Waals surface area contributed by atoms with Gasteiger partial charge in [-0.1, -0.05) is 0 Å². The van der Waals surface area contributed by atoms with Gasteiger partial charge in [-0.2, -0.15) is 0 Å². The van der Waals surface area contributed by atoms with E-state index in [1.165, 1.54) is 11.0 Å². The molecule has 0 radical (unpaired) electrons. The van der Waals surface area contributed by atoms with Crippen LogP contribution in [0.15, 0.2) is 0 Å². The summed E-state index contributed by atoms with van der Waals surface area (Å²) >= 11 is 12.1. The third-order valence-corrected chi connectivity index (χ3v) is 15.0. The van der Waals surface area contributed by atoms with E-state index in [0.29, 0.717) is 26.4 Å². The summed E-state index contributed by atoms with van der Waals surface area (Å²) in [6.45, 7) is 9.51. The maximum atomic E-state index is 5.53. The normalized spacial score (nSPS) is 12.9. The van der Waals surface area contributed by atoms with E-state index in [1.54, 1.807) is 0 Å². The van der Waals surface area contributed by atoms with Crippen molar-refractivity contribution in [2.75, 3.05) is 26.4 Å². The Balaban J connectivity index is 4.79. The van der Waals surface area contributed by atoms with E-state index in [4.69, 9.17) is 41.7 Å². The predicted octanol–water partition coefficient (Wildman–Crippen LogP) is 4.31. The summed E-state index contributed by atoms with van der Waals surface area (Å²) in [5.41, 5.74) is -4.91. The van der Waals surface area contributed by atoms with Crippen molar-refractivity contribution in [3.05, 3.63) is 0 Å². The summed E-state index contributed by atoms with van der Waals surface area (Å²) in [5, 5.41) is 0. The van der Waals surface area contributed by atoms with Gasteiger partial charge in [-0.05, 0) is 51.3 Å². The first-order valence-electron chi connectivity index (χ1n) is 5.44. The summed E-state index contributed by atoms with van der Waals surface area (Å²) < 4.78 is 22.1. The summed E-state index contributed by atoms with van der Waals surface area (Å²) in [7, 11) is 0. The first-order valence-corrected chi connectivity index (χ1v) is 12.7. The Labute approximate surface area is 118 Å². The smallest absolute Gasteiger partial charge is 0.256 e. The van der Waals surface area contributed by atoms with Crippen molar-refractivity contribution in [1.29, 1.82) is 0 Å². The molecule has 0 rings (SSSR count). The molecule has 0 aliphatic heterocycles. The summed E-state index contributed by atoms with van der Waals surface area (Å²) in [5.74, 6) is 0. The van der Waals surface area contributed by atoms with Crippen LogP contribution in [0.25, 0.3) is 0 Å². The van der Waals surface area contributed by atoms with Crippen molar-refractivity contribution >= 4 is 46.0 Å². The molecule has 0 amide bonds. The van der Waals surface area contributed by atoms with E-state index in [-0.39, 0.29) is 0 Å². The molecule has 0 aliphatic rings. The average Bonchev–Trinajstić information content (AvgIpc) is 2.17. The number of rotatable bonds is 10. The van der Waals surface area contributed by atoms with Gasteiger partial charge in [0.25, 0.3) is 11.4 Å². The molecule has 0 spiro atoms. The van der Waals surface area contributed by atoms with Crippen molar-refractivity contribution in [2.45, 2.75) is 27.7 Å². The molecule has 0 unspecified atom stereocenters. The van der Waals surface area contributed by atoms with Crippen LogP contribution in [0.2, 0.25) is 0 Å². The first kappa shape index (κ1) is 18.5. The van der Waals surface area contributed by atoms with Gasteiger partial charge >= 0.3 is 0 Å². The molecule has 0 aromatic heterocycles. The maximum absolute atomic E-state index is 5.53. The van der Waals surface area contributed by atoms with Crippen LogP contribution >= 0.6 is 22.4 Å². The predicted molar refractivity (Wildman–Crippen MR) is 82.7 cm³/mol. The van der Waals surface area contributed by atoms with Gasteiger partial charge in [-0.25, -0.2) is 0 Å². The molecule has 0 N–H and O–H groups in total. The van der Waals surface area contributed by atoms with Crippen LogP contribution in [0.5, 0.6) is 0 Å². The third-order valence-electron chi connectivity index (χ3n) is 1.35. The summed E-state index contributed by atoms with van der Waals surface area (Å²) in [6.07, 6.45) is 0. The van der Waals surface area contributed by atoms with E-state index < -0.39 is 11.4 Å². The Hall–Kier alpha value is 1.49. The number of hydrogen-bond donors (Lipinski definition) is 0. The van der Waals surface area contributed by atoms with Gasteiger partial charge in [0.1, 0.15) is 0 Å². The van der Waals surface area contributed by atoms with E-state index >= 15 is 0 Å².